The van der Waals surface area contributed by atoms with Gasteiger partial charge in [0.25, 0.3) is 0 Å². The van der Waals surface area contributed by atoms with Crippen LogP contribution < -0.4 is 0 Å². The van der Waals surface area contributed by atoms with E-state index in [2.05, 4.69) is 11.9 Å². The highest BCUT2D eigenvalue weighted by Gasteiger charge is 2.07. The number of unbranched alkanes of at least 4 members (excludes halogenated alkanes) is 1. The largest absolute Gasteiger partial charge is 0.461 e. The van der Waals surface area contributed by atoms with E-state index in [1.54, 1.807) is 12.3 Å². The van der Waals surface area contributed by atoms with Gasteiger partial charge in [0.15, 0.2) is 0 Å². The van der Waals surface area contributed by atoms with Crippen LogP contribution in [0.1, 0.15) is 35.8 Å². The molecule has 0 atom stereocenters. The molecule has 0 saturated carbocycles. The molecule has 0 aliphatic carbocycles. The lowest BCUT2D eigenvalue weighted by Gasteiger charge is -2.03. The zero-order valence-electron chi connectivity index (χ0n) is 8.62. The third-order valence-electron chi connectivity index (χ3n) is 1.86. The number of hydrogen-bond donors (Lipinski definition) is 0. The fourth-order valence-electron chi connectivity index (χ4n) is 1.03. The van der Waals surface area contributed by atoms with E-state index in [1.165, 1.54) is 0 Å². The van der Waals surface area contributed by atoms with Gasteiger partial charge in [-0.05, 0) is 31.0 Å². The summed E-state index contributed by atoms with van der Waals surface area (Å²) in [6, 6.07) is 3.58. The highest BCUT2D eigenvalue weighted by atomic mass is 16.5. The van der Waals surface area contributed by atoms with Gasteiger partial charge < -0.3 is 4.74 Å². The molecule has 76 valence electrons. The third kappa shape index (κ3) is 3.17. The summed E-state index contributed by atoms with van der Waals surface area (Å²) >= 11 is 0. The topological polar surface area (TPSA) is 39.2 Å². The van der Waals surface area contributed by atoms with Gasteiger partial charge in [0.1, 0.15) is 5.69 Å². The Morgan fingerprint density at radius 2 is 2.36 bits per heavy atom. The Balaban J connectivity index is 2.52. The van der Waals surface area contributed by atoms with Crippen molar-refractivity contribution in [3.63, 3.8) is 0 Å². The van der Waals surface area contributed by atoms with Crippen LogP contribution in [-0.2, 0) is 4.74 Å². The van der Waals surface area contributed by atoms with E-state index in [4.69, 9.17) is 4.74 Å². The lowest BCUT2D eigenvalue weighted by Crippen LogP contribution is -2.08. The number of rotatable bonds is 4. The van der Waals surface area contributed by atoms with Crippen molar-refractivity contribution in [1.82, 2.24) is 4.98 Å². The molecule has 3 nitrogen and oxygen atoms in total. The molecule has 0 N–H and O–H groups in total. The Hall–Kier alpha value is -1.38. The Kier molecular flexibility index (Phi) is 4.11. The van der Waals surface area contributed by atoms with Crippen LogP contribution in [0.15, 0.2) is 18.3 Å². The summed E-state index contributed by atoms with van der Waals surface area (Å²) in [4.78, 5) is 15.3. The van der Waals surface area contributed by atoms with Crippen LogP contribution in [0.25, 0.3) is 0 Å². The van der Waals surface area contributed by atoms with Gasteiger partial charge in [0, 0.05) is 6.20 Å². The first kappa shape index (κ1) is 10.7. The zero-order chi connectivity index (χ0) is 10.4. The fraction of sp³-hybridized carbons (Fsp3) is 0.455. The zero-order valence-corrected chi connectivity index (χ0v) is 8.62. The minimum atomic E-state index is -0.331. The van der Waals surface area contributed by atoms with Crippen molar-refractivity contribution in [2.45, 2.75) is 26.7 Å². The molecule has 1 aromatic rings. The molecule has 0 bridgehead atoms. The predicted octanol–water partition coefficient (Wildman–Crippen LogP) is 2.35. The molecule has 3 heteroatoms. The summed E-state index contributed by atoms with van der Waals surface area (Å²) in [5.41, 5.74) is 1.41. The summed E-state index contributed by atoms with van der Waals surface area (Å²) in [5, 5.41) is 0. The van der Waals surface area contributed by atoms with Gasteiger partial charge in [-0.2, -0.15) is 0 Å². The van der Waals surface area contributed by atoms with Crippen molar-refractivity contribution in [2.24, 2.45) is 0 Å². The predicted molar refractivity (Wildman–Crippen MR) is 54.2 cm³/mol. The minimum absolute atomic E-state index is 0.331. The summed E-state index contributed by atoms with van der Waals surface area (Å²) in [5.74, 6) is -0.331. The maximum atomic E-state index is 11.4. The Labute approximate surface area is 84.1 Å². The quantitative estimate of drug-likeness (QED) is 0.544. The van der Waals surface area contributed by atoms with Crippen LogP contribution in [-0.4, -0.2) is 17.6 Å². The summed E-state index contributed by atoms with van der Waals surface area (Å²) in [6.07, 6.45) is 3.54. The molecule has 14 heavy (non-hydrogen) atoms. The average molecular weight is 193 g/mol. The lowest BCUT2D eigenvalue weighted by molar-refractivity contribution is 0.0492. The maximum Gasteiger partial charge on any atom is 0.356 e. The average Bonchev–Trinajstić information content (AvgIpc) is 2.18. The Morgan fingerprint density at radius 3 is 3.00 bits per heavy atom. The second-order valence-electron chi connectivity index (χ2n) is 3.21. The molecule has 0 aliphatic rings. The van der Waals surface area contributed by atoms with Crippen molar-refractivity contribution in [3.05, 3.63) is 29.6 Å². The number of esters is 1. The molecule has 1 aromatic heterocycles. The van der Waals surface area contributed by atoms with Crippen LogP contribution in [0, 0.1) is 6.92 Å². The number of aryl methyl sites for hydroxylation is 1. The maximum absolute atomic E-state index is 11.4. The van der Waals surface area contributed by atoms with E-state index in [9.17, 15) is 4.79 Å². The van der Waals surface area contributed by atoms with E-state index in [0.29, 0.717) is 12.3 Å². The molecule has 0 aromatic carbocycles. The molecular formula is C11H15NO2. The second kappa shape index (κ2) is 5.37. The SMILES string of the molecule is CCCCOC(=O)c1cc(C)ccn1. The van der Waals surface area contributed by atoms with Gasteiger partial charge >= 0.3 is 5.97 Å². The standard InChI is InChI=1S/C11H15NO2/c1-3-4-7-14-11(13)10-8-9(2)5-6-12-10/h5-6,8H,3-4,7H2,1-2H3. The fourth-order valence-corrected chi connectivity index (χ4v) is 1.03. The van der Waals surface area contributed by atoms with Crippen LogP contribution in [0.2, 0.25) is 0 Å². The van der Waals surface area contributed by atoms with Gasteiger partial charge in [0.05, 0.1) is 6.61 Å². The Bertz CT molecular complexity index is 310. The summed E-state index contributed by atoms with van der Waals surface area (Å²) < 4.78 is 5.02. The number of aromatic nitrogens is 1. The second-order valence-corrected chi connectivity index (χ2v) is 3.21. The first-order chi connectivity index (χ1) is 6.74. The van der Waals surface area contributed by atoms with Crippen LogP contribution in [0.5, 0.6) is 0 Å². The van der Waals surface area contributed by atoms with Crippen LogP contribution in [0.3, 0.4) is 0 Å². The first-order valence-electron chi connectivity index (χ1n) is 4.84. The third-order valence-corrected chi connectivity index (χ3v) is 1.86. The number of carbonyl (C=O) groups is 1. The van der Waals surface area contributed by atoms with Gasteiger partial charge in [-0.3, -0.25) is 0 Å². The number of pyridine rings is 1. The smallest absolute Gasteiger partial charge is 0.356 e. The molecule has 0 amide bonds. The van der Waals surface area contributed by atoms with Crippen molar-refractivity contribution in [2.75, 3.05) is 6.61 Å². The molecule has 0 spiro atoms. The molecule has 1 rings (SSSR count). The van der Waals surface area contributed by atoms with Gasteiger partial charge in [0.2, 0.25) is 0 Å². The van der Waals surface area contributed by atoms with E-state index in [0.717, 1.165) is 18.4 Å². The number of hydrogen-bond acceptors (Lipinski definition) is 3. The first-order valence-corrected chi connectivity index (χ1v) is 4.84. The van der Waals surface area contributed by atoms with Gasteiger partial charge in [-0.1, -0.05) is 13.3 Å². The van der Waals surface area contributed by atoms with E-state index in [1.807, 2.05) is 13.0 Å². The van der Waals surface area contributed by atoms with Crippen molar-refractivity contribution in [1.29, 1.82) is 0 Å². The number of nitrogens with zero attached hydrogens (tertiary/aromatic N) is 1. The number of ether oxygens (including phenoxy) is 1. The van der Waals surface area contributed by atoms with Crippen molar-refractivity contribution in [3.8, 4) is 0 Å². The lowest BCUT2D eigenvalue weighted by atomic mass is 10.2. The summed E-state index contributed by atoms with van der Waals surface area (Å²) in [7, 11) is 0. The monoisotopic (exact) mass is 193 g/mol. The van der Waals surface area contributed by atoms with E-state index in [-0.39, 0.29) is 5.97 Å². The van der Waals surface area contributed by atoms with E-state index < -0.39 is 0 Å². The molecule has 0 fully saturated rings. The normalized spacial score (nSPS) is 9.86. The minimum Gasteiger partial charge on any atom is -0.461 e. The van der Waals surface area contributed by atoms with Crippen molar-refractivity contribution < 1.29 is 9.53 Å². The van der Waals surface area contributed by atoms with Crippen molar-refractivity contribution >= 4 is 5.97 Å². The molecule has 0 aliphatic heterocycles. The van der Waals surface area contributed by atoms with Gasteiger partial charge in [-0.25, -0.2) is 9.78 Å². The highest BCUT2D eigenvalue weighted by Crippen LogP contribution is 2.02. The molecule has 0 saturated heterocycles. The van der Waals surface area contributed by atoms with E-state index >= 15 is 0 Å². The molecule has 0 radical (unpaired) electrons. The number of carbonyl (C=O) groups excluding carboxylic acids is 1. The highest BCUT2D eigenvalue weighted by molar-refractivity contribution is 5.87. The van der Waals surface area contributed by atoms with Crippen LogP contribution >= 0.6 is 0 Å². The molecular weight excluding hydrogens is 178 g/mol. The Morgan fingerprint density at radius 1 is 1.57 bits per heavy atom. The van der Waals surface area contributed by atoms with Gasteiger partial charge in [-0.15, -0.1) is 0 Å². The molecule has 1 heterocycles. The summed E-state index contributed by atoms with van der Waals surface area (Å²) in [6.45, 7) is 4.45. The van der Waals surface area contributed by atoms with Crippen LogP contribution in [0.4, 0.5) is 0 Å². The molecule has 0 unspecified atom stereocenters.